The molecule has 0 bridgehead atoms. The highest BCUT2D eigenvalue weighted by Crippen LogP contribution is 2.42. The molecule has 0 radical (unpaired) electrons. The van der Waals surface area contributed by atoms with Crippen LogP contribution in [0.4, 0.5) is 32.4 Å². The summed E-state index contributed by atoms with van der Waals surface area (Å²) in [5.74, 6) is -1.74. The first-order valence-electron chi connectivity index (χ1n) is 14.5. The number of aryl methyl sites for hydroxylation is 2. The fourth-order valence-electron chi connectivity index (χ4n) is 6.04. The van der Waals surface area contributed by atoms with Crippen LogP contribution in [0.5, 0.6) is 0 Å². The number of carbonyl (C=O) groups excluding carboxylic acids is 1. The zero-order chi connectivity index (χ0) is 32.8. The highest BCUT2D eigenvalue weighted by Gasteiger charge is 2.40. The maximum absolute atomic E-state index is 15.9. The monoisotopic (exact) mass is 645 g/mol. The minimum absolute atomic E-state index is 0.0251. The lowest BCUT2D eigenvalue weighted by atomic mass is 9.87. The van der Waals surface area contributed by atoms with E-state index in [9.17, 15) is 18.0 Å². The molecule has 5 rings (SSSR count). The molecule has 45 heavy (non-hydrogen) atoms. The number of aromatic nitrogens is 2. The van der Waals surface area contributed by atoms with Crippen LogP contribution in [0.1, 0.15) is 61.2 Å². The van der Waals surface area contributed by atoms with E-state index >= 15 is 8.78 Å². The second kappa shape index (κ2) is 12.1. The van der Waals surface area contributed by atoms with Gasteiger partial charge in [-0.3, -0.25) is 4.90 Å². The third kappa shape index (κ3) is 6.28. The van der Waals surface area contributed by atoms with Crippen LogP contribution in [0.3, 0.4) is 0 Å². The van der Waals surface area contributed by atoms with Gasteiger partial charge in [0.15, 0.2) is 0 Å². The van der Waals surface area contributed by atoms with Gasteiger partial charge in [-0.2, -0.15) is 18.3 Å². The van der Waals surface area contributed by atoms with Crippen LogP contribution in [-0.2, 0) is 38.5 Å². The molecule has 0 fully saturated rings. The number of rotatable bonds is 7. The van der Waals surface area contributed by atoms with Crippen molar-refractivity contribution in [1.82, 2.24) is 14.7 Å². The third-order valence-corrected chi connectivity index (χ3v) is 8.59. The maximum atomic E-state index is 15.9. The number of primary amides is 1. The second-order valence-electron chi connectivity index (χ2n) is 11.8. The fourth-order valence-corrected chi connectivity index (χ4v) is 6.21. The summed E-state index contributed by atoms with van der Waals surface area (Å²) in [6.07, 6.45) is -3.01. The molecule has 0 spiro atoms. The van der Waals surface area contributed by atoms with E-state index in [0.717, 1.165) is 35.0 Å². The summed E-state index contributed by atoms with van der Waals surface area (Å²) in [4.78, 5) is 13.3. The standard InChI is InChI=1S/C33H33ClF5N5O/c1-5-18-8-7-9-19(6-2)29(18)44-30(22-13-26(36)27(14-25(22)35)41-31(40)45)23-17-43(32(3,4)15-28(23)42-44)16-20-10-11-21(34)12-24(20)33(37,38)39/h7-14H,5-6,15-17H2,1-4H3,(H3,40,41,45). The average Bonchev–Trinajstić information content (AvgIpc) is 3.30. The van der Waals surface area contributed by atoms with Crippen LogP contribution in [0.2, 0.25) is 5.02 Å². The van der Waals surface area contributed by atoms with Crippen molar-refractivity contribution in [2.75, 3.05) is 5.32 Å². The van der Waals surface area contributed by atoms with E-state index in [4.69, 9.17) is 22.4 Å². The van der Waals surface area contributed by atoms with Crippen LogP contribution in [0.25, 0.3) is 16.9 Å². The number of urea groups is 1. The Bertz CT molecular complexity index is 1760. The first kappa shape index (κ1) is 32.4. The molecule has 4 aromatic rings. The largest absolute Gasteiger partial charge is 0.416 e. The van der Waals surface area contributed by atoms with Crippen molar-refractivity contribution >= 4 is 23.3 Å². The Morgan fingerprint density at radius 1 is 1.02 bits per heavy atom. The SMILES string of the molecule is CCc1cccc(CC)c1-n1nc2c(c1-c1cc(F)c(NC(N)=O)cc1F)CN(Cc1ccc(Cl)cc1C(F)(F)F)C(C)(C)C2. The number of hydrogen-bond donors (Lipinski definition) is 2. The number of nitrogens with one attached hydrogen (secondary N) is 1. The first-order valence-corrected chi connectivity index (χ1v) is 14.9. The maximum Gasteiger partial charge on any atom is 0.416 e. The molecular formula is C33H33ClF5N5O. The lowest BCUT2D eigenvalue weighted by molar-refractivity contribution is -0.138. The number of para-hydroxylation sites is 1. The van der Waals surface area contributed by atoms with Crippen LogP contribution in [0.15, 0.2) is 48.5 Å². The zero-order valence-electron chi connectivity index (χ0n) is 25.2. The lowest BCUT2D eigenvalue weighted by Crippen LogP contribution is -2.48. The molecule has 12 heteroatoms. The van der Waals surface area contributed by atoms with Gasteiger partial charge in [0.2, 0.25) is 0 Å². The van der Waals surface area contributed by atoms with Gasteiger partial charge in [0, 0.05) is 47.3 Å². The van der Waals surface area contributed by atoms with Crippen LogP contribution >= 0.6 is 11.6 Å². The van der Waals surface area contributed by atoms with Crippen molar-refractivity contribution < 1.29 is 26.7 Å². The molecule has 6 nitrogen and oxygen atoms in total. The molecule has 0 saturated carbocycles. The number of benzene rings is 3. The quantitative estimate of drug-likeness (QED) is 0.198. The molecule has 1 aliphatic heterocycles. The summed E-state index contributed by atoms with van der Waals surface area (Å²) < 4.78 is 75.0. The number of nitrogens with zero attached hydrogens (tertiary/aromatic N) is 3. The van der Waals surface area contributed by atoms with Crippen LogP contribution in [0, 0.1) is 11.6 Å². The summed E-state index contributed by atoms with van der Waals surface area (Å²) >= 11 is 5.93. The Hall–Kier alpha value is -3.96. The van der Waals surface area contributed by atoms with Gasteiger partial charge in [-0.25, -0.2) is 18.3 Å². The van der Waals surface area contributed by atoms with Crippen molar-refractivity contribution in [3.63, 3.8) is 0 Å². The average molecular weight is 646 g/mol. The molecule has 3 N–H and O–H groups in total. The van der Waals surface area contributed by atoms with Gasteiger partial charge in [0.1, 0.15) is 11.6 Å². The number of fused-ring (bicyclic) bond motifs is 1. The number of anilines is 1. The second-order valence-corrected chi connectivity index (χ2v) is 12.2. The Labute approximate surface area is 263 Å². The topological polar surface area (TPSA) is 76.2 Å². The number of amides is 2. The van der Waals surface area contributed by atoms with Gasteiger partial charge in [0.25, 0.3) is 0 Å². The minimum atomic E-state index is -4.62. The van der Waals surface area contributed by atoms with Crippen LogP contribution in [-0.4, -0.2) is 26.3 Å². The van der Waals surface area contributed by atoms with E-state index in [-0.39, 0.29) is 34.9 Å². The van der Waals surface area contributed by atoms with Crippen molar-refractivity contribution in [3.8, 4) is 16.9 Å². The summed E-state index contributed by atoms with van der Waals surface area (Å²) in [7, 11) is 0. The summed E-state index contributed by atoms with van der Waals surface area (Å²) in [6.45, 7) is 7.84. The molecular weight excluding hydrogens is 613 g/mol. The van der Waals surface area contributed by atoms with E-state index in [1.54, 1.807) is 4.68 Å². The minimum Gasteiger partial charge on any atom is -0.351 e. The number of carbonyl (C=O) groups is 1. The van der Waals surface area contributed by atoms with E-state index in [2.05, 4.69) is 5.32 Å². The molecule has 1 aromatic heterocycles. The van der Waals surface area contributed by atoms with Crippen molar-refractivity contribution in [2.45, 2.75) is 71.8 Å². The highest BCUT2D eigenvalue weighted by molar-refractivity contribution is 6.30. The zero-order valence-corrected chi connectivity index (χ0v) is 26.0. The summed E-state index contributed by atoms with van der Waals surface area (Å²) in [5.41, 5.74) is 7.29. The van der Waals surface area contributed by atoms with Crippen molar-refractivity contribution in [3.05, 3.63) is 98.7 Å². The summed E-state index contributed by atoms with van der Waals surface area (Å²) in [5, 5.41) is 7.04. The van der Waals surface area contributed by atoms with Crippen molar-refractivity contribution in [2.24, 2.45) is 5.73 Å². The molecule has 0 atom stereocenters. The summed E-state index contributed by atoms with van der Waals surface area (Å²) in [6, 6.07) is 10.3. The lowest BCUT2D eigenvalue weighted by Gasteiger charge is -2.42. The van der Waals surface area contributed by atoms with Gasteiger partial charge in [-0.1, -0.05) is 49.7 Å². The van der Waals surface area contributed by atoms with Gasteiger partial charge < -0.3 is 11.1 Å². The Kier molecular flexibility index (Phi) is 8.72. The van der Waals surface area contributed by atoms with Crippen LogP contribution < -0.4 is 11.1 Å². The first-order chi connectivity index (χ1) is 21.1. The smallest absolute Gasteiger partial charge is 0.351 e. The molecule has 238 valence electrons. The molecule has 2 heterocycles. The molecule has 0 saturated heterocycles. The molecule has 3 aromatic carbocycles. The highest BCUT2D eigenvalue weighted by atomic mass is 35.5. The van der Waals surface area contributed by atoms with E-state index in [0.29, 0.717) is 30.5 Å². The predicted molar refractivity (Wildman–Crippen MR) is 164 cm³/mol. The molecule has 0 unspecified atom stereocenters. The fraction of sp³-hybridized carbons (Fsp3) is 0.333. The molecule has 2 amide bonds. The van der Waals surface area contributed by atoms with E-state index in [1.807, 2.05) is 50.8 Å². The van der Waals surface area contributed by atoms with Gasteiger partial charge in [-0.05, 0) is 61.6 Å². The number of alkyl halides is 3. The Balaban J connectivity index is 1.73. The number of hydrogen-bond acceptors (Lipinski definition) is 3. The van der Waals surface area contributed by atoms with Crippen molar-refractivity contribution in [1.29, 1.82) is 0 Å². The third-order valence-electron chi connectivity index (χ3n) is 8.36. The molecule has 1 aliphatic rings. The molecule has 0 aliphatic carbocycles. The Morgan fingerprint density at radius 2 is 1.69 bits per heavy atom. The normalized spacial score (nSPS) is 14.8. The van der Waals surface area contributed by atoms with Gasteiger partial charge in [-0.15, -0.1) is 0 Å². The van der Waals surface area contributed by atoms with E-state index < -0.39 is 40.6 Å². The van der Waals surface area contributed by atoms with Gasteiger partial charge >= 0.3 is 12.2 Å². The number of nitrogens with two attached hydrogens (primary N) is 1. The van der Waals surface area contributed by atoms with E-state index in [1.165, 1.54) is 12.1 Å². The predicted octanol–water partition coefficient (Wildman–Crippen LogP) is 8.44. The number of halogens is 6. The van der Waals surface area contributed by atoms with Gasteiger partial charge in [0.05, 0.1) is 28.3 Å². The Morgan fingerprint density at radius 3 is 2.29 bits per heavy atom.